The summed E-state index contributed by atoms with van der Waals surface area (Å²) in [5.41, 5.74) is 2.96. The maximum absolute atomic E-state index is 3.43. The highest BCUT2D eigenvalue weighted by Gasteiger charge is 2.30. The van der Waals surface area contributed by atoms with Gasteiger partial charge in [-0.05, 0) is 92.5 Å². The summed E-state index contributed by atoms with van der Waals surface area (Å²) in [6, 6.07) is 9.27. The van der Waals surface area contributed by atoms with Crippen LogP contribution in [0.5, 0.6) is 0 Å². The first kappa shape index (κ1) is 16.3. The van der Waals surface area contributed by atoms with Crippen molar-refractivity contribution in [3.05, 3.63) is 46.5 Å². The zero-order chi connectivity index (χ0) is 15.4. The van der Waals surface area contributed by atoms with Crippen molar-refractivity contribution in [3.8, 4) is 0 Å². The zero-order valence-corrected chi connectivity index (χ0v) is 15.4. The molecule has 0 saturated heterocycles. The highest BCUT2D eigenvalue weighted by molar-refractivity contribution is 9.11. The summed E-state index contributed by atoms with van der Waals surface area (Å²) >= 11 is 3.43. The largest absolute Gasteiger partial charge is 0.0745 e. The molecule has 0 radical (unpaired) electrons. The van der Waals surface area contributed by atoms with E-state index in [2.05, 4.69) is 58.2 Å². The van der Waals surface area contributed by atoms with Crippen LogP contribution in [0.4, 0.5) is 0 Å². The van der Waals surface area contributed by atoms with E-state index in [-0.39, 0.29) is 0 Å². The molecule has 120 valence electrons. The minimum absolute atomic E-state index is 0.824. The highest BCUT2D eigenvalue weighted by Crippen LogP contribution is 2.44. The van der Waals surface area contributed by atoms with E-state index in [1.807, 2.05) is 0 Å². The summed E-state index contributed by atoms with van der Waals surface area (Å²) < 4.78 is 0. The number of benzene rings is 1. The van der Waals surface area contributed by atoms with E-state index in [4.69, 9.17) is 0 Å². The van der Waals surface area contributed by atoms with Crippen molar-refractivity contribution in [2.45, 2.75) is 64.2 Å². The number of halogens is 1. The lowest BCUT2D eigenvalue weighted by molar-refractivity contribution is 0.171. The first-order chi connectivity index (χ1) is 10.8. The van der Waals surface area contributed by atoms with Gasteiger partial charge < -0.3 is 0 Å². The smallest absolute Gasteiger partial charge is 0.0162 e. The molecule has 0 unspecified atom stereocenters. The van der Waals surface area contributed by atoms with Crippen molar-refractivity contribution in [3.63, 3.8) is 0 Å². The van der Waals surface area contributed by atoms with Crippen molar-refractivity contribution >= 4 is 15.9 Å². The van der Waals surface area contributed by atoms with Crippen LogP contribution in [-0.2, 0) is 0 Å². The van der Waals surface area contributed by atoms with Crippen LogP contribution in [0.15, 0.2) is 35.3 Å². The molecule has 2 aliphatic rings. The highest BCUT2D eigenvalue weighted by atomic mass is 79.9. The normalized spacial score (nSPS) is 33.2. The van der Waals surface area contributed by atoms with Gasteiger partial charge in [0.2, 0.25) is 0 Å². The molecule has 0 spiro atoms. The number of rotatable bonds is 3. The fraction of sp³-hybridized carbons (Fsp3) is 0.619. The van der Waals surface area contributed by atoms with E-state index < -0.39 is 0 Å². The third kappa shape index (κ3) is 4.04. The number of hydrogen-bond donors (Lipinski definition) is 0. The quantitative estimate of drug-likeness (QED) is 0.544. The lowest BCUT2D eigenvalue weighted by Crippen LogP contribution is -2.25. The Labute approximate surface area is 144 Å². The Kier molecular flexibility index (Phi) is 5.79. The van der Waals surface area contributed by atoms with Gasteiger partial charge in [-0.3, -0.25) is 0 Å². The third-order valence-electron chi connectivity index (χ3n) is 6.15. The Morgan fingerprint density at radius 1 is 0.818 bits per heavy atom. The second-order valence-electron chi connectivity index (χ2n) is 7.52. The SMILES string of the molecule is Cc1ccc(C2CCC(C3CCC(/C=C/Br)CC3)CC2)cc1. The maximum Gasteiger partial charge on any atom is -0.0162 e. The van der Waals surface area contributed by atoms with Crippen molar-refractivity contribution in [2.75, 3.05) is 0 Å². The number of hydrogen-bond acceptors (Lipinski definition) is 0. The Morgan fingerprint density at radius 2 is 1.36 bits per heavy atom. The van der Waals surface area contributed by atoms with E-state index in [0.717, 1.165) is 23.7 Å². The van der Waals surface area contributed by atoms with E-state index in [9.17, 15) is 0 Å². The fourth-order valence-corrected chi connectivity index (χ4v) is 5.11. The van der Waals surface area contributed by atoms with Crippen molar-refractivity contribution < 1.29 is 0 Å². The molecule has 1 aromatic rings. The lowest BCUT2D eigenvalue weighted by Gasteiger charge is -2.37. The van der Waals surface area contributed by atoms with Gasteiger partial charge in [0, 0.05) is 0 Å². The van der Waals surface area contributed by atoms with E-state index in [1.54, 1.807) is 5.56 Å². The van der Waals surface area contributed by atoms with Crippen molar-refractivity contribution in [1.82, 2.24) is 0 Å². The Morgan fingerprint density at radius 3 is 1.91 bits per heavy atom. The van der Waals surface area contributed by atoms with Crippen molar-refractivity contribution in [2.24, 2.45) is 17.8 Å². The zero-order valence-electron chi connectivity index (χ0n) is 13.8. The average Bonchev–Trinajstić information content (AvgIpc) is 2.57. The molecule has 0 amide bonds. The van der Waals surface area contributed by atoms with Crippen LogP contribution in [0.25, 0.3) is 0 Å². The molecule has 2 saturated carbocycles. The standard InChI is InChI=1S/C21H29Br/c1-16-2-6-18(7-3-16)20-10-12-21(13-11-20)19-8-4-17(5-9-19)14-15-22/h2-3,6-7,14-15,17,19-21H,4-5,8-13H2,1H3/b15-14+. The predicted molar refractivity (Wildman–Crippen MR) is 99.4 cm³/mol. The number of aryl methyl sites for hydroxylation is 1. The van der Waals surface area contributed by atoms with Gasteiger partial charge in [-0.15, -0.1) is 0 Å². The summed E-state index contributed by atoms with van der Waals surface area (Å²) in [7, 11) is 0. The van der Waals surface area contributed by atoms with Crippen LogP contribution in [-0.4, -0.2) is 0 Å². The molecule has 2 fully saturated rings. The minimum Gasteiger partial charge on any atom is -0.0745 e. The molecule has 0 nitrogen and oxygen atoms in total. The second kappa shape index (κ2) is 7.81. The summed E-state index contributed by atoms with van der Waals surface area (Å²) in [5, 5.41) is 0. The maximum atomic E-state index is 3.43. The van der Waals surface area contributed by atoms with Crippen LogP contribution in [0, 0.1) is 24.7 Å². The lowest BCUT2D eigenvalue weighted by atomic mass is 9.68. The molecule has 1 aromatic carbocycles. The molecule has 0 atom stereocenters. The molecule has 0 heterocycles. The van der Waals surface area contributed by atoms with Crippen molar-refractivity contribution in [1.29, 1.82) is 0 Å². The predicted octanol–water partition coefficient (Wildman–Crippen LogP) is 6.98. The topological polar surface area (TPSA) is 0 Å². The van der Waals surface area contributed by atoms with Gasteiger partial charge in [0.15, 0.2) is 0 Å². The van der Waals surface area contributed by atoms with E-state index in [0.29, 0.717) is 0 Å². The molecule has 2 aliphatic carbocycles. The second-order valence-corrected chi connectivity index (χ2v) is 8.04. The van der Waals surface area contributed by atoms with Crippen LogP contribution >= 0.6 is 15.9 Å². The molecule has 0 N–H and O–H groups in total. The average molecular weight is 361 g/mol. The minimum atomic E-state index is 0.824. The summed E-state index contributed by atoms with van der Waals surface area (Å²) in [6.45, 7) is 2.18. The van der Waals surface area contributed by atoms with Crippen LogP contribution in [0.1, 0.15) is 68.4 Å². The molecule has 0 bridgehead atoms. The van der Waals surface area contributed by atoms with Gasteiger partial charge in [-0.2, -0.15) is 0 Å². The Hall–Kier alpha value is -0.560. The third-order valence-corrected chi connectivity index (χ3v) is 6.45. The van der Waals surface area contributed by atoms with Gasteiger partial charge in [0.25, 0.3) is 0 Å². The van der Waals surface area contributed by atoms with E-state index >= 15 is 0 Å². The summed E-state index contributed by atoms with van der Waals surface area (Å²) in [4.78, 5) is 2.06. The summed E-state index contributed by atoms with van der Waals surface area (Å²) in [6.07, 6.45) is 13.8. The van der Waals surface area contributed by atoms with Gasteiger partial charge >= 0.3 is 0 Å². The van der Waals surface area contributed by atoms with Crippen LogP contribution in [0.2, 0.25) is 0 Å². The van der Waals surface area contributed by atoms with E-state index in [1.165, 1.54) is 56.9 Å². The van der Waals surface area contributed by atoms with Gasteiger partial charge in [0.05, 0.1) is 0 Å². The van der Waals surface area contributed by atoms with Gasteiger partial charge in [-0.25, -0.2) is 0 Å². The molecular weight excluding hydrogens is 332 g/mol. The van der Waals surface area contributed by atoms with Gasteiger partial charge in [-0.1, -0.05) is 51.8 Å². The summed E-state index contributed by atoms with van der Waals surface area (Å²) in [5.74, 6) is 3.68. The fourth-order valence-electron chi connectivity index (χ4n) is 4.67. The molecule has 0 aromatic heterocycles. The first-order valence-corrected chi connectivity index (χ1v) is 10.0. The van der Waals surface area contributed by atoms with Crippen LogP contribution < -0.4 is 0 Å². The van der Waals surface area contributed by atoms with Gasteiger partial charge in [0.1, 0.15) is 0 Å². The first-order valence-electron chi connectivity index (χ1n) is 9.09. The molecule has 0 aliphatic heterocycles. The molecule has 1 heteroatoms. The Bertz CT molecular complexity index is 471. The number of allylic oxidation sites excluding steroid dienone is 1. The molecule has 22 heavy (non-hydrogen) atoms. The van der Waals surface area contributed by atoms with Crippen LogP contribution in [0.3, 0.4) is 0 Å². The monoisotopic (exact) mass is 360 g/mol. The Balaban J connectivity index is 1.49. The molecule has 3 rings (SSSR count). The molecular formula is C21H29Br.